The zero-order chi connectivity index (χ0) is 23.4. The van der Waals surface area contributed by atoms with Crippen LogP contribution in [-0.4, -0.2) is 36.7 Å². The van der Waals surface area contributed by atoms with Gasteiger partial charge in [0.1, 0.15) is 11.9 Å². The van der Waals surface area contributed by atoms with Gasteiger partial charge in [0.05, 0.1) is 16.8 Å². The fourth-order valence-electron chi connectivity index (χ4n) is 4.67. The van der Waals surface area contributed by atoms with Gasteiger partial charge in [-0.3, -0.25) is 4.79 Å². The lowest BCUT2D eigenvalue weighted by molar-refractivity contribution is -0.137. The molecule has 0 saturated heterocycles. The van der Waals surface area contributed by atoms with Gasteiger partial charge in [-0.25, -0.2) is 21.6 Å². The summed E-state index contributed by atoms with van der Waals surface area (Å²) >= 11 is 5.91. The van der Waals surface area contributed by atoms with Crippen molar-refractivity contribution in [3.05, 3.63) is 64.1 Å². The van der Waals surface area contributed by atoms with Crippen LogP contribution >= 0.6 is 11.6 Å². The normalized spacial score (nSPS) is 17.1. The molecule has 32 heavy (non-hydrogen) atoms. The van der Waals surface area contributed by atoms with Crippen molar-refractivity contribution in [3.8, 4) is 0 Å². The van der Waals surface area contributed by atoms with Gasteiger partial charge in [0.15, 0.2) is 9.84 Å². The molecular weight excluding hydrogens is 467 g/mol. The zero-order valence-corrected chi connectivity index (χ0v) is 18.4. The number of nitrogens with zero attached hydrogens (tertiary/aromatic N) is 1. The van der Waals surface area contributed by atoms with E-state index < -0.39 is 44.9 Å². The Hall–Kier alpha value is -2.52. The summed E-state index contributed by atoms with van der Waals surface area (Å²) in [7, 11) is -3.99. The smallest absolute Gasteiger partial charge is 0.304 e. The number of hydrogen-bond acceptors (Lipinski definition) is 3. The van der Waals surface area contributed by atoms with E-state index in [1.165, 1.54) is 28.8 Å². The molecule has 5 nitrogen and oxygen atoms in total. The van der Waals surface area contributed by atoms with Gasteiger partial charge in [-0.05, 0) is 48.2 Å². The monoisotopic (exact) mass is 485 g/mol. The number of aryl methyl sites for hydroxylation is 1. The summed E-state index contributed by atoms with van der Waals surface area (Å²) in [6, 6.07) is 6.07. The summed E-state index contributed by atoms with van der Waals surface area (Å²) in [5, 5.41) is 9.92. The molecule has 3 aromatic rings. The van der Waals surface area contributed by atoms with Crippen molar-refractivity contribution in [3.63, 3.8) is 0 Å². The quantitative estimate of drug-likeness (QED) is 0.521. The lowest BCUT2D eigenvalue weighted by Crippen LogP contribution is -2.23. The Labute approximate surface area is 187 Å². The highest BCUT2D eigenvalue weighted by atomic mass is 35.5. The number of aromatic nitrogens is 1. The number of hydrogen-bond donors (Lipinski definition) is 1. The third kappa shape index (κ3) is 3.88. The Morgan fingerprint density at radius 1 is 1.25 bits per heavy atom. The van der Waals surface area contributed by atoms with Crippen LogP contribution in [0.2, 0.25) is 5.02 Å². The van der Waals surface area contributed by atoms with Crippen molar-refractivity contribution in [2.75, 3.05) is 6.26 Å². The number of fused-ring (bicyclic) bond motifs is 3. The van der Waals surface area contributed by atoms with Crippen LogP contribution in [0.1, 0.15) is 41.6 Å². The molecule has 1 aliphatic rings. The topological polar surface area (TPSA) is 76.4 Å². The molecule has 2 aromatic carbocycles. The molecule has 10 heteroatoms. The first-order valence-corrected chi connectivity index (χ1v) is 12.1. The number of rotatable bonds is 6. The van der Waals surface area contributed by atoms with E-state index in [1.807, 2.05) is 0 Å². The van der Waals surface area contributed by atoms with Crippen molar-refractivity contribution in [2.45, 2.75) is 42.5 Å². The minimum absolute atomic E-state index is 0.0331. The fraction of sp³-hybridized carbons (Fsp3) is 0.318. The second kappa shape index (κ2) is 8.12. The van der Waals surface area contributed by atoms with Crippen LogP contribution in [0, 0.1) is 5.82 Å². The molecule has 2 atom stereocenters. The Morgan fingerprint density at radius 2 is 1.91 bits per heavy atom. The van der Waals surface area contributed by atoms with Crippen LogP contribution in [0.3, 0.4) is 0 Å². The van der Waals surface area contributed by atoms with Gasteiger partial charge in [0.25, 0.3) is 6.43 Å². The van der Waals surface area contributed by atoms with Crippen molar-refractivity contribution in [2.24, 2.45) is 0 Å². The van der Waals surface area contributed by atoms with E-state index in [4.69, 9.17) is 11.6 Å². The van der Waals surface area contributed by atoms with E-state index in [-0.39, 0.29) is 22.9 Å². The SMILES string of the molecule is CS(=O)(=O)c1cc(F)cc2c3c(n([C@H](c4ccc(Cl)cc4)C(F)F)c12)[C@@H](CC(=O)O)CC3. The molecule has 1 aromatic heterocycles. The summed E-state index contributed by atoms with van der Waals surface area (Å²) in [5.41, 5.74) is 0.969. The Kier molecular flexibility index (Phi) is 5.75. The molecule has 0 spiro atoms. The second-order valence-electron chi connectivity index (χ2n) is 7.97. The van der Waals surface area contributed by atoms with Crippen LogP contribution in [0.15, 0.2) is 41.3 Å². The fourth-order valence-corrected chi connectivity index (χ4v) is 5.68. The van der Waals surface area contributed by atoms with E-state index in [2.05, 4.69) is 0 Å². The van der Waals surface area contributed by atoms with Crippen LogP contribution < -0.4 is 0 Å². The highest BCUT2D eigenvalue weighted by Gasteiger charge is 2.38. The number of carboxylic acid groups (broad SMARTS) is 1. The third-order valence-corrected chi connectivity index (χ3v) is 7.21. The first-order chi connectivity index (χ1) is 15.0. The highest BCUT2D eigenvalue weighted by Crippen LogP contribution is 2.47. The Morgan fingerprint density at radius 3 is 2.47 bits per heavy atom. The molecule has 1 N–H and O–H groups in total. The molecule has 0 fully saturated rings. The molecule has 0 saturated carbocycles. The van der Waals surface area contributed by atoms with Crippen LogP contribution in [-0.2, 0) is 21.1 Å². The lowest BCUT2D eigenvalue weighted by Gasteiger charge is -2.25. The minimum atomic E-state index is -3.99. The van der Waals surface area contributed by atoms with E-state index in [0.29, 0.717) is 29.1 Å². The molecule has 0 amide bonds. The molecule has 4 rings (SSSR count). The molecular formula is C22H19ClF3NO4S. The van der Waals surface area contributed by atoms with Gasteiger partial charge in [0, 0.05) is 28.3 Å². The number of benzene rings is 2. The molecule has 170 valence electrons. The number of aliphatic carboxylic acids is 1. The van der Waals surface area contributed by atoms with Crippen molar-refractivity contribution in [1.82, 2.24) is 4.57 Å². The summed E-state index contributed by atoms with van der Waals surface area (Å²) in [6.45, 7) is 0. The summed E-state index contributed by atoms with van der Waals surface area (Å²) in [6.07, 6.45) is -1.66. The average molecular weight is 486 g/mol. The maximum absolute atomic E-state index is 14.5. The van der Waals surface area contributed by atoms with E-state index in [9.17, 15) is 31.5 Å². The predicted molar refractivity (Wildman–Crippen MR) is 114 cm³/mol. The maximum atomic E-state index is 14.5. The molecule has 0 bridgehead atoms. The average Bonchev–Trinajstić information content (AvgIpc) is 3.21. The summed E-state index contributed by atoms with van der Waals surface area (Å²) in [4.78, 5) is 11.0. The molecule has 0 radical (unpaired) electrons. The standard InChI is InChI=1S/C22H19ClF3NO4S/c1-32(30,31)17-10-14(24)9-16-15-7-4-12(8-18(28)29)19(15)27(21(16)17)20(22(25)26)11-2-5-13(23)6-3-11/h2-3,5-6,9-10,12,20,22H,4,7-8H2,1H3,(H,28,29)/t12-,20-/m1/s1. The zero-order valence-electron chi connectivity index (χ0n) is 16.9. The number of carbonyl (C=O) groups is 1. The van der Waals surface area contributed by atoms with Crippen LogP contribution in [0.25, 0.3) is 10.9 Å². The van der Waals surface area contributed by atoms with Gasteiger partial charge in [-0.2, -0.15) is 0 Å². The number of halogens is 4. The van der Waals surface area contributed by atoms with Crippen molar-refractivity contribution < 1.29 is 31.5 Å². The first-order valence-electron chi connectivity index (χ1n) is 9.80. The first kappa shape index (κ1) is 22.7. The second-order valence-corrected chi connectivity index (χ2v) is 10.4. The minimum Gasteiger partial charge on any atom is -0.481 e. The number of sulfone groups is 1. The third-order valence-electron chi connectivity index (χ3n) is 5.85. The van der Waals surface area contributed by atoms with Gasteiger partial charge < -0.3 is 9.67 Å². The number of carboxylic acids is 1. The largest absolute Gasteiger partial charge is 0.481 e. The van der Waals surface area contributed by atoms with E-state index in [1.54, 1.807) is 0 Å². The highest BCUT2D eigenvalue weighted by molar-refractivity contribution is 7.91. The van der Waals surface area contributed by atoms with Crippen LogP contribution in [0.4, 0.5) is 13.2 Å². The maximum Gasteiger partial charge on any atom is 0.304 e. The molecule has 1 aliphatic carbocycles. The lowest BCUT2D eigenvalue weighted by atomic mass is 10.0. The van der Waals surface area contributed by atoms with Gasteiger partial charge >= 0.3 is 5.97 Å². The van der Waals surface area contributed by atoms with Crippen molar-refractivity contribution >= 4 is 38.3 Å². The summed E-state index contributed by atoms with van der Waals surface area (Å²) < 4.78 is 69.8. The number of alkyl halides is 2. The molecule has 0 unspecified atom stereocenters. The summed E-state index contributed by atoms with van der Waals surface area (Å²) in [5.74, 6) is -2.52. The predicted octanol–water partition coefficient (Wildman–Crippen LogP) is 5.20. The molecule has 1 heterocycles. The van der Waals surface area contributed by atoms with Crippen molar-refractivity contribution in [1.29, 1.82) is 0 Å². The van der Waals surface area contributed by atoms with Crippen LogP contribution in [0.5, 0.6) is 0 Å². The van der Waals surface area contributed by atoms with Gasteiger partial charge in [0.2, 0.25) is 0 Å². The molecule has 0 aliphatic heterocycles. The van der Waals surface area contributed by atoms with Gasteiger partial charge in [-0.15, -0.1) is 0 Å². The van der Waals surface area contributed by atoms with E-state index in [0.717, 1.165) is 18.4 Å². The van der Waals surface area contributed by atoms with Gasteiger partial charge in [-0.1, -0.05) is 23.7 Å². The Bertz CT molecular complexity index is 1320. The Balaban J connectivity index is 2.14. The van der Waals surface area contributed by atoms with E-state index >= 15 is 0 Å².